The van der Waals surface area contributed by atoms with Crippen LogP contribution in [0.5, 0.6) is 0 Å². The maximum absolute atomic E-state index is 11.6. The second-order valence-electron chi connectivity index (χ2n) is 4.32. The van der Waals surface area contributed by atoms with Crippen LogP contribution in [0.3, 0.4) is 0 Å². The lowest BCUT2D eigenvalue weighted by Gasteiger charge is -2.02. The number of hydrogen-bond donors (Lipinski definition) is 1. The van der Waals surface area contributed by atoms with Crippen molar-refractivity contribution in [1.82, 2.24) is 9.78 Å². The Morgan fingerprint density at radius 2 is 2.35 bits per heavy atom. The molecule has 6 nitrogen and oxygen atoms in total. The Kier molecular flexibility index (Phi) is 4.52. The van der Waals surface area contributed by atoms with Crippen molar-refractivity contribution in [3.05, 3.63) is 39.8 Å². The molecule has 2 heterocycles. The van der Waals surface area contributed by atoms with Crippen molar-refractivity contribution in [1.29, 1.82) is 0 Å². The predicted octanol–water partition coefficient (Wildman–Crippen LogP) is 1.82. The lowest BCUT2D eigenvalue weighted by atomic mass is 10.4. The SMILES string of the molecule is Cc1cc(C)n(CCC(=O)O/N=C(\N)c2cccs2)n1. The molecule has 0 bridgehead atoms. The molecule has 0 aliphatic carbocycles. The molecule has 20 heavy (non-hydrogen) atoms. The van der Waals surface area contributed by atoms with Gasteiger partial charge in [0.2, 0.25) is 0 Å². The molecule has 0 fully saturated rings. The summed E-state index contributed by atoms with van der Waals surface area (Å²) in [7, 11) is 0. The Morgan fingerprint density at radius 3 is 2.95 bits per heavy atom. The molecule has 106 valence electrons. The topological polar surface area (TPSA) is 82.5 Å². The highest BCUT2D eigenvalue weighted by Gasteiger charge is 2.07. The van der Waals surface area contributed by atoms with E-state index in [2.05, 4.69) is 10.3 Å². The van der Waals surface area contributed by atoms with Crippen molar-refractivity contribution < 1.29 is 9.63 Å². The van der Waals surface area contributed by atoms with Crippen molar-refractivity contribution >= 4 is 23.1 Å². The number of carbonyl (C=O) groups excluding carboxylic acids is 1. The summed E-state index contributed by atoms with van der Waals surface area (Å²) in [4.78, 5) is 17.1. The third-order valence-corrected chi connectivity index (χ3v) is 3.54. The first kappa shape index (κ1) is 14.3. The van der Waals surface area contributed by atoms with Crippen LogP contribution in [0.15, 0.2) is 28.7 Å². The Balaban J connectivity index is 1.84. The average Bonchev–Trinajstić information content (AvgIpc) is 3.03. The maximum Gasteiger partial charge on any atom is 0.336 e. The van der Waals surface area contributed by atoms with Gasteiger partial charge in [0.1, 0.15) is 0 Å². The molecular weight excluding hydrogens is 276 g/mol. The van der Waals surface area contributed by atoms with Gasteiger partial charge in [-0.2, -0.15) is 5.10 Å². The fourth-order valence-corrected chi connectivity index (χ4v) is 2.33. The molecule has 0 radical (unpaired) electrons. The number of nitrogens with two attached hydrogens (primary N) is 1. The van der Waals surface area contributed by atoms with E-state index in [0.29, 0.717) is 6.54 Å². The van der Waals surface area contributed by atoms with E-state index < -0.39 is 5.97 Å². The summed E-state index contributed by atoms with van der Waals surface area (Å²) in [6.45, 7) is 4.32. The summed E-state index contributed by atoms with van der Waals surface area (Å²) in [5.74, 6) is -0.225. The van der Waals surface area contributed by atoms with Crippen molar-refractivity contribution in [2.45, 2.75) is 26.8 Å². The van der Waals surface area contributed by atoms with Gasteiger partial charge in [-0.1, -0.05) is 11.2 Å². The molecule has 2 rings (SSSR count). The fraction of sp³-hybridized carbons (Fsp3) is 0.308. The van der Waals surface area contributed by atoms with Crippen molar-refractivity contribution in [2.75, 3.05) is 0 Å². The third kappa shape index (κ3) is 3.67. The standard InChI is InChI=1S/C13H16N4O2S/c1-9-8-10(2)17(15-9)6-5-12(18)19-16-13(14)11-4-3-7-20-11/h3-4,7-8H,5-6H2,1-2H3,(H2,14,16). The second-order valence-corrected chi connectivity index (χ2v) is 5.27. The lowest BCUT2D eigenvalue weighted by molar-refractivity contribution is -0.143. The van der Waals surface area contributed by atoms with Crippen molar-refractivity contribution in [3.8, 4) is 0 Å². The highest BCUT2D eigenvalue weighted by Crippen LogP contribution is 2.08. The van der Waals surface area contributed by atoms with Crippen LogP contribution >= 0.6 is 11.3 Å². The van der Waals surface area contributed by atoms with Gasteiger partial charge in [-0.15, -0.1) is 11.3 Å². The second kappa shape index (κ2) is 6.33. The number of rotatable bonds is 5. The largest absolute Gasteiger partial charge is 0.380 e. The molecule has 0 amide bonds. The van der Waals surface area contributed by atoms with E-state index in [1.54, 1.807) is 4.68 Å². The zero-order valence-corrected chi connectivity index (χ0v) is 12.2. The van der Waals surface area contributed by atoms with E-state index in [0.717, 1.165) is 16.3 Å². The summed E-state index contributed by atoms with van der Waals surface area (Å²) in [5, 5.41) is 9.78. The minimum atomic E-state index is -0.433. The van der Waals surface area contributed by atoms with Crippen LogP contribution in [0.4, 0.5) is 0 Å². The summed E-state index contributed by atoms with van der Waals surface area (Å²) < 4.78 is 1.77. The number of aryl methyl sites for hydroxylation is 3. The number of amidine groups is 1. The third-order valence-electron chi connectivity index (χ3n) is 2.65. The molecule has 2 aromatic heterocycles. The van der Waals surface area contributed by atoms with Gasteiger partial charge in [0.05, 0.1) is 23.5 Å². The number of nitrogens with zero attached hydrogens (tertiary/aromatic N) is 3. The zero-order chi connectivity index (χ0) is 14.5. The van der Waals surface area contributed by atoms with Crippen LogP contribution in [0.25, 0.3) is 0 Å². The smallest absolute Gasteiger partial charge is 0.336 e. The molecule has 0 saturated carbocycles. The molecule has 0 aromatic carbocycles. The first-order chi connectivity index (χ1) is 9.56. The first-order valence-corrected chi connectivity index (χ1v) is 7.02. The Bertz CT molecular complexity index is 616. The van der Waals surface area contributed by atoms with Crippen LogP contribution < -0.4 is 5.73 Å². The van der Waals surface area contributed by atoms with Crippen molar-refractivity contribution in [2.24, 2.45) is 10.9 Å². The fourth-order valence-electron chi connectivity index (χ4n) is 1.71. The maximum atomic E-state index is 11.6. The number of aromatic nitrogens is 2. The minimum Gasteiger partial charge on any atom is -0.380 e. The Morgan fingerprint density at radius 1 is 1.55 bits per heavy atom. The first-order valence-electron chi connectivity index (χ1n) is 6.14. The van der Waals surface area contributed by atoms with Crippen LogP contribution in [-0.2, 0) is 16.2 Å². The molecule has 7 heteroatoms. The highest BCUT2D eigenvalue weighted by atomic mass is 32.1. The number of hydrogen-bond acceptors (Lipinski definition) is 5. The lowest BCUT2D eigenvalue weighted by Crippen LogP contribution is -2.15. The van der Waals surface area contributed by atoms with E-state index in [1.807, 2.05) is 37.4 Å². The van der Waals surface area contributed by atoms with Crippen LogP contribution in [0.2, 0.25) is 0 Å². The molecule has 2 N–H and O–H groups in total. The van der Waals surface area contributed by atoms with E-state index >= 15 is 0 Å². The Hall–Kier alpha value is -2.15. The quantitative estimate of drug-likeness (QED) is 0.394. The molecule has 0 aliphatic heterocycles. The van der Waals surface area contributed by atoms with Crippen LogP contribution in [-0.4, -0.2) is 21.6 Å². The summed E-state index contributed by atoms with van der Waals surface area (Å²) in [5.41, 5.74) is 7.63. The molecule has 0 aliphatic rings. The van der Waals surface area contributed by atoms with Gasteiger partial charge in [0, 0.05) is 5.69 Å². The highest BCUT2D eigenvalue weighted by molar-refractivity contribution is 7.12. The van der Waals surface area contributed by atoms with E-state index in [4.69, 9.17) is 10.6 Å². The number of oxime groups is 1. The Labute approximate surface area is 120 Å². The van der Waals surface area contributed by atoms with E-state index in [-0.39, 0.29) is 12.3 Å². The normalized spacial score (nSPS) is 11.6. The van der Waals surface area contributed by atoms with Gasteiger partial charge in [0.25, 0.3) is 0 Å². The molecule has 0 atom stereocenters. The molecule has 2 aromatic rings. The van der Waals surface area contributed by atoms with Gasteiger partial charge in [-0.25, -0.2) is 4.79 Å². The molecule has 0 spiro atoms. The monoisotopic (exact) mass is 292 g/mol. The average molecular weight is 292 g/mol. The summed E-state index contributed by atoms with van der Waals surface area (Å²) >= 11 is 1.44. The van der Waals surface area contributed by atoms with Crippen LogP contribution in [0, 0.1) is 13.8 Å². The number of thiophene rings is 1. The van der Waals surface area contributed by atoms with Gasteiger partial charge in [0.15, 0.2) is 5.84 Å². The zero-order valence-electron chi connectivity index (χ0n) is 11.4. The van der Waals surface area contributed by atoms with Gasteiger partial charge in [-0.05, 0) is 31.4 Å². The van der Waals surface area contributed by atoms with E-state index in [9.17, 15) is 4.79 Å². The van der Waals surface area contributed by atoms with E-state index in [1.165, 1.54) is 11.3 Å². The molecular formula is C13H16N4O2S. The summed E-state index contributed by atoms with van der Waals surface area (Å²) in [6.07, 6.45) is 0.198. The summed E-state index contributed by atoms with van der Waals surface area (Å²) in [6, 6.07) is 5.62. The molecule has 0 saturated heterocycles. The number of carbonyl (C=O) groups is 1. The van der Waals surface area contributed by atoms with Gasteiger partial charge < -0.3 is 10.6 Å². The van der Waals surface area contributed by atoms with Crippen LogP contribution in [0.1, 0.15) is 22.7 Å². The minimum absolute atomic E-state index is 0.198. The van der Waals surface area contributed by atoms with Crippen molar-refractivity contribution in [3.63, 3.8) is 0 Å². The van der Waals surface area contributed by atoms with Gasteiger partial charge >= 0.3 is 5.97 Å². The molecule has 0 unspecified atom stereocenters. The van der Waals surface area contributed by atoms with Gasteiger partial charge in [-0.3, -0.25) is 4.68 Å². The predicted molar refractivity (Wildman–Crippen MR) is 77.5 cm³/mol.